The van der Waals surface area contributed by atoms with Crippen molar-refractivity contribution in [3.8, 4) is 11.8 Å². The lowest BCUT2D eigenvalue weighted by molar-refractivity contribution is -0.155. The summed E-state index contributed by atoms with van der Waals surface area (Å²) >= 11 is 1.49. The highest BCUT2D eigenvalue weighted by Gasteiger charge is 2.57. The summed E-state index contributed by atoms with van der Waals surface area (Å²) in [6, 6.07) is 7.08. The van der Waals surface area contributed by atoms with Gasteiger partial charge in [-0.3, -0.25) is 15.1 Å². The third-order valence-corrected chi connectivity index (χ3v) is 8.10. The summed E-state index contributed by atoms with van der Waals surface area (Å²) < 4.78 is 0.932. The Morgan fingerprint density at radius 3 is 2.87 bits per heavy atom. The molecule has 0 aliphatic carbocycles. The number of nitrogens with zero attached hydrogens (tertiary/aromatic N) is 4. The second kappa shape index (κ2) is 10.8. The van der Waals surface area contributed by atoms with Crippen molar-refractivity contribution in [1.29, 1.82) is 0 Å². The number of nitrogens with one attached hydrogen (secondary N) is 3. The maximum absolute atomic E-state index is 13.1. The maximum Gasteiger partial charge on any atom is 0.318 e. The van der Waals surface area contributed by atoms with Crippen LogP contribution in [0.5, 0.6) is 0 Å². The minimum absolute atomic E-state index is 0.338. The molecule has 3 unspecified atom stereocenters. The van der Waals surface area contributed by atoms with Crippen LogP contribution in [0.3, 0.4) is 0 Å². The molecule has 1 fully saturated rings. The van der Waals surface area contributed by atoms with Crippen molar-refractivity contribution in [3.63, 3.8) is 0 Å². The lowest BCUT2D eigenvalue weighted by Gasteiger charge is -2.52. The predicted octanol–water partition coefficient (Wildman–Crippen LogP) is 3.17. The molecular formula is C28H29N7O3S. The molecule has 11 heteroatoms. The van der Waals surface area contributed by atoms with Gasteiger partial charge in [-0.05, 0) is 57.2 Å². The summed E-state index contributed by atoms with van der Waals surface area (Å²) in [5.41, 5.74) is 3.61. The summed E-state index contributed by atoms with van der Waals surface area (Å²) in [5.74, 6) is 3.46. The van der Waals surface area contributed by atoms with Crippen LogP contribution in [0, 0.1) is 23.2 Å². The van der Waals surface area contributed by atoms with Gasteiger partial charge in [-0.1, -0.05) is 11.8 Å². The molecule has 1 saturated heterocycles. The SMILES string of the molecule is CCNC(=O)NC1(C2CNCCC2(C)C(=O)O)N=CC=CN1c1cc(C#Cc2ccncc2)c2scnc2c1. The van der Waals surface area contributed by atoms with Crippen molar-refractivity contribution in [2.24, 2.45) is 16.3 Å². The molecule has 0 radical (unpaired) electrons. The summed E-state index contributed by atoms with van der Waals surface area (Å²) in [5, 5.41) is 19.5. The molecule has 0 saturated carbocycles. The summed E-state index contributed by atoms with van der Waals surface area (Å²) in [6.07, 6.45) is 8.94. The maximum atomic E-state index is 13.1. The van der Waals surface area contributed by atoms with Crippen molar-refractivity contribution in [2.75, 3.05) is 24.5 Å². The van der Waals surface area contributed by atoms with Gasteiger partial charge in [-0.2, -0.15) is 0 Å². The van der Waals surface area contributed by atoms with Crippen LogP contribution in [0.4, 0.5) is 10.5 Å². The number of piperidine rings is 1. The number of rotatable bonds is 5. The number of hydrogen-bond donors (Lipinski definition) is 4. The molecular weight excluding hydrogens is 514 g/mol. The number of aliphatic carboxylic acids is 1. The zero-order valence-corrected chi connectivity index (χ0v) is 22.5. The number of carboxylic acids is 1. The van der Waals surface area contributed by atoms with Gasteiger partial charge in [0.05, 0.1) is 27.1 Å². The minimum Gasteiger partial charge on any atom is -0.481 e. The highest BCUT2D eigenvalue weighted by atomic mass is 32.1. The number of pyridine rings is 1. The second-order valence-corrected chi connectivity index (χ2v) is 10.5. The van der Waals surface area contributed by atoms with E-state index in [9.17, 15) is 14.7 Å². The number of benzene rings is 1. The number of aromatic nitrogens is 2. The van der Waals surface area contributed by atoms with Crippen molar-refractivity contribution < 1.29 is 14.7 Å². The molecule has 4 N–H and O–H groups in total. The largest absolute Gasteiger partial charge is 0.481 e. The van der Waals surface area contributed by atoms with Gasteiger partial charge in [0.1, 0.15) is 0 Å². The number of allylic oxidation sites excluding steroid dienone is 1. The first-order chi connectivity index (χ1) is 18.9. The molecule has 3 aromatic rings. The van der Waals surface area contributed by atoms with Crippen LogP contribution in [0.1, 0.15) is 31.4 Å². The van der Waals surface area contributed by atoms with Gasteiger partial charge in [0.15, 0.2) is 0 Å². The van der Waals surface area contributed by atoms with Crippen LogP contribution in [0.25, 0.3) is 10.2 Å². The molecule has 2 aliphatic heterocycles. The Balaban J connectivity index is 1.67. The Morgan fingerprint density at radius 1 is 1.28 bits per heavy atom. The van der Waals surface area contributed by atoms with E-state index in [1.54, 1.807) is 37.1 Å². The van der Waals surface area contributed by atoms with E-state index in [0.29, 0.717) is 31.7 Å². The molecule has 2 aliphatic rings. The average molecular weight is 544 g/mol. The molecule has 2 aromatic heterocycles. The van der Waals surface area contributed by atoms with E-state index >= 15 is 0 Å². The van der Waals surface area contributed by atoms with E-state index in [-0.39, 0.29) is 0 Å². The number of carbonyl (C=O) groups is 2. The van der Waals surface area contributed by atoms with Gasteiger partial charge in [-0.15, -0.1) is 11.3 Å². The number of urea groups is 1. The fourth-order valence-electron chi connectivity index (χ4n) is 5.15. The second-order valence-electron chi connectivity index (χ2n) is 9.61. The van der Waals surface area contributed by atoms with Crippen LogP contribution in [0.2, 0.25) is 0 Å². The van der Waals surface area contributed by atoms with Crippen molar-refractivity contribution in [1.82, 2.24) is 25.9 Å². The number of thiazole rings is 1. The Hall–Kier alpha value is -4.27. The van der Waals surface area contributed by atoms with Gasteiger partial charge in [0.25, 0.3) is 0 Å². The monoisotopic (exact) mass is 543 g/mol. The normalized spacial score (nSPS) is 24.2. The standard InChI is InChI=1S/C28H29N7O3S/c1-3-31-26(38)34-28(23-17-30-13-9-27(23,2)25(36)37)33-10-4-14-35(28)21-15-20(24-22(16-21)32-18-39-24)6-5-19-7-11-29-12-8-19/h4,7-8,10-12,14-16,18,23,30H,3,9,13,17H2,1-2H3,(H,36,37)(H2,31,34,38). The average Bonchev–Trinajstić information content (AvgIpc) is 3.42. The molecule has 2 amide bonds. The molecule has 10 nitrogen and oxygen atoms in total. The Kier molecular flexibility index (Phi) is 7.32. The van der Waals surface area contributed by atoms with Gasteiger partial charge >= 0.3 is 12.0 Å². The smallest absolute Gasteiger partial charge is 0.318 e. The Morgan fingerprint density at radius 2 is 2.10 bits per heavy atom. The van der Waals surface area contributed by atoms with Gasteiger partial charge in [0.2, 0.25) is 5.79 Å². The Bertz CT molecular complexity index is 1510. The van der Waals surface area contributed by atoms with Gasteiger partial charge < -0.3 is 20.6 Å². The minimum atomic E-state index is -1.44. The van der Waals surface area contributed by atoms with Crippen LogP contribution >= 0.6 is 11.3 Å². The summed E-state index contributed by atoms with van der Waals surface area (Å²) in [7, 11) is 0. The van der Waals surface area contributed by atoms with E-state index in [2.05, 4.69) is 37.8 Å². The van der Waals surface area contributed by atoms with Crippen LogP contribution in [-0.4, -0.2) is 58.7 Å². The molecule has 4 heterocycles. The highest BCUT2D eigenvalue weighted by molar-refractivity contribution is 7.17. The zero-order chi connectivity index (χ0) is 27.5. The highest BCUT2D eigenvalue weighted by Crippen LogP contribution is 2.45. The molecule has 1 aromatic carbocycles. The fourth-order valence-corrected chi connectivity index (χ4v) is 5.89. The fraction of sp³-hybridized carbons (Fsp3) is 0.321. The third-order valence-electron chi connectivity index (χ3n) is 7.22. The first-order valence-corrected chi connectivity index (χ1v) is 13.6. The number of hydrogen-bond acceptors (Lipinski definition) is 8. The molecule has 39 heavy (non-hydrogen) atoms. The lowest BCUT2D eigenvalue weighted by atomic mass is 9.68. The lowest BCUT2D eigenvalue weighted by Crippen LogP contribution is -2.71. The number of carbonyl (C=O) groups excluding carboxylic acids is 1. The number of anilines is 1. The number of carboxylic acid groups (broad SMARTS) is 1. The quantitative estimate of drug-likeness (QED) is 0.364. The third kappa shape index (κ3) is 4.96. The van der Waals surface area contributed by atoms with Crippen LogP contribution in [-0.2, 0) is 4.79 Å². The van der Waals surface area contributed by atoms with E-state index in [1.165, 1.54) is 11.3 Å². The van der Waals surface area contributed by atoms with E-state index in [4.69, 9.17) is 4.99 Å². The topological polar surface area (TPSA) is 132 Å². The van der Waals surface area contributed by atoms with Crippen LogP contribution in [0.15, 0.2) is 59.4 Å². The first-order valence-electron chi connectivity index (χ1n) is 12.7. The molecule has 200 valence electrons. The number of amides is 2. The van der Waals surface area contributed by atoms with E-state index in [0.717, 1.165) is 21.3 Å². The van der Waals surface area contributed by atoms with Gasteiger partial charge in [0, 0.05) is 54.7 Å². The number of fused-ring (bicyclic) bond motifs is 1. The van der Waals surface area contributed by atoms with Crippen molar-refractivity contribution >= 4 is 45.5 Å². The van der Waals surface area contributed by atoms with Crippen molar-refractivity contribution in [3.05, 3.63) is 65.6 Å². The number of aliphatic imine (C=N–C) groups is 1. The molecule has 0 spiro atoms. The zero-order valence-electron chi connectivity index (χ0n) is 21.6. The molecule has 3 atom stereocenters. The van der Waals surface area contributed by atoms with E-state index < -0.39 is 29.1 Å². The van der Waals surface area contributed by atoms with Gasteiger partial charge in [-0.25, -0.2) is 14.8 Å². The molecule has 5 rings (SSSR count). The first kappa shape index (κ1) is 26.3. The predicted molar refractivity (Wildman–Crippen MR) is 152 cm³/mol. The summed E-state index contributed by atoms with van der Waals surface area (Å²) in [4.78, 5) is 41.0. The van der Waals surface area contributed by atoms with Crippen molar-refractivity contribution in [2.45, 2.75) is 26.1 Å². The summed E-state index contributed by atoms with van der Waals surface area (Å²) in [6.45, 7) is 4.84. The molecule has 0 bridgehead atoms. The van der Waals surface area contributed by atoms with Crippen LogP contribution < -0.4 is 20.9 Å². The van der Waals surface area contributed by atoms with E-state index in [1.807, 2.05) is 42.3 Å². The Labute approximate surface area is 230 Å².